The zero-order valence-corrected chi connectivity index (χ0v) is 29.4. The summed E-state index contributed by atoms with van der Waals surface area (Å²) in [6.07, 6.45) is 3.50. The smallest absolute Gasteiger partial charge is 0.410 e. The maximum Gasteiger partial charge on any atom is 0.410 e. The summed E-state index contributed by atoms with van der Waals surface area (Å²) in [4.78, 5) is 38.5. The first-order valence-corrected chi connectivity index (χ1v) is 17.5. The standard InChI is InChI=1S/C36H39ClN6O4S/c1-20-14-28-32(30(26(20)16-29(44)45)21-6-8-24(37)9-7-21)48-34(39-28)23-15-27-31(40-41(5)33(27)38-17-23)22-10-12-42(13-11-22)25-18-43(19-25)35(46)47-36(2,3)4/h6-9,14-15,17,22,25H,10-13,16,18-19H2,1-5H3,(H,44,45). The Morgan fingerprint density at radius 2 is 1.79 bits per heavy atom. The molecule has 0 bridgehead atoms. The van der Waals surface area contributed by atoms with Gasteiger partial charge in [0.15, 0.2) is 5.65 Å². The van der Waals surface area contributed by atoms with Crippen molar-refractivity contribution in [1.82, 2.24) is 29.5 Å². The van der Waals surface area contributed by atoms with Crippen LogP contribution in [0.15, 0.2) is 42.6 Å². The molecule has 5 aromatic rings. The summed E-state index contributed by atoms with van der Waals surface area (Å²) in [7, 11) is 1.94. The van der Waals surface area contributed by atoms with Crippen LogP contribution in [0.3, 0.4) is 0 Å². The van der Waals surface area contributed by atoms with Crippen LogP contribution in [0.5, 0.6) is 0 Å². The van der Waals surface area contributed by atoms with Gasteiger partial charge in [0, 0.05) is 59.8 Å². The van der Waals surface area contributed by atoms with Crippen molar-refractivity contribution in [2.24, 2.45) is 7.05 Å². The average Bonchev–Trinajstić information content (AvgIpc) is 3.57. The van der Waals surface area contributed by atoms with E-state index >= 15 is 0 Å². The lowest BCUT2D eigenvalue weighted by Gasteiger charge is -2.47. The molecule has 7 rings (SSSR count). The molecule has 0 unspecified atom stereocenters. The number of piperidine rings is 1. The summed E-state index contributed by atoms with van der Waals surface area (Å²) >= 11 is 7.75. The largest absolute Gasteiger partial charge is 0.481 e. The highest BCUT2D eigenvalue weighted by molar-refractivity contribution is 7.22. The molecule has 3 aromatic heterocycles. The molecule has 250 valence electrons. The van der Waals surface area contributed by atoms with Crippen LogP contribution in [0.4, 0.5) is 4.79 Å². The maximum absolute atomic E-state index is 12.4. The number of pyridine rings is 1. The summed E-state index contributed by atoms with van der Waals surface area (Å²) in [5.74, 6) is -0.574. The van der Waals surface area contributed by atoms with Crippen LogP contribution in [-0.4, -0.2) is 84.5 Å². The number of fused-ring (bicyclic) bond motifs is 2. The number of hydrogen-bond donors (Lipinski definition) is 1. The van der Waals surface area contributed by atoms with E-state index in [-0.39, 0.29) is 12.5 Å². The fourth-order valence-corrected chi connectivity index (χ4v) is 8.19. The summed E-state index contributed by atoms with van der Waals surface area (Å²) in [6.45, 7) is 10.9. The number of carboxylic acids is 1. The fourth-order valence-electron chi connectivity index (χ4n) is 6.94. The molecule has 0 radical (unpaired) electrons. The van der Waals surface area contributed by atoms with Gasteiger partial charge in [-0.15, -0.1) is 11.3 Å². The van der Waals surface area contributed by atoms with E-state index < -0.39 is 11.6 Å². The van der Waals surface area contributed by atoms with E-state index in [0.717, 1.165) is 85.7 Å². The third-order valence-corrected chi connectivity index (χ3v) is 10.8. The van der Waals surface area contributed by atoms with Crippen LogP contribution >= 0.6 is 22.9 Å². The van der Waals surface area contributed by atoms with Gasteiger partial charge in [0.2, 0.25) is 0 Å². The molecule has 1 N–H and O–H groups in total. The van der Waals surface area contributed by atoms with Gasteiger partial charge < -0.3 is 14.7 Å². The second-order valence-corrected chi connectivity index (χ2v) is 15.4. The van der Waals surface area contributed by atoms with Crippen LogP contribution in [0.1, 0.15) is 56.4 Å². The average molecular weight is 687 g/mol. The maximum atomic E-state index is 12.4. The summed E-state index contributed by atoms with van der Waals surface area (Å²) in [5, 5.41) is 17.2. The molecule has 2 aliphatic rings. The Kier molecular flexibility index (Phi) is 8.41. The van der Waals surface area contributed by atoms with Crippen molar-refractivity contribution < 1.29 is 19.4 Å². The molecule has 2 aliphatic heterocycles. The molecule has 48 heavy (non-hydrogen) atoms. The first-order chi connectivity index (χ1) is 22.8. The van der Waals surface area contributed by atoms with Gasteiger partial charge in [-0.2, -0.15) is 5.10 Å². The minimum atomic E-state index is -0.877. The van der Waals surface area contributed by atoms with Gasteiger partial charge in [0.1, 0.15) is 10.6 Å². The number of halogens is 1. The number of carbonyl (C=O) groups is 2. The van der Waals surface area contributed by atoms with Crippen molar-refractivity contribution in [3.63, 3.8) is 0 Å². The summed E-state index contributed by atoms with van der Waals surface area (Å²) < 4.78 is 8.33. The lowest BCUT2D eigenvalue weighted by Crippen LogP contribution is -2.62. The number of benzene rings is 2. The predicted molar refractivity (Wildman–Crippen MR) is 189 cm³/mol. The molecule has 2 fully saturated rings. The van der Waals surface area contributed by atoms with E-state index in [1.165, 1.54) is 0 Å². The number of carboxylic acid groups (broad SMARTS) is 1. The summed E-state index contributed by atoms with van der Waals surface area (Å²) in [5.41, 5.74) is 6.61. The second-order valence-electron chi connectivity index (χ2n) is 13.9. The second kappa shape index (κ2) is 12.4. The Morgan fingerprint density at radius 1 is 1.08 bits per heavy atom. The monoisotopic (exact) mass is 686 g/mol. The number of ether oxygens (including phenoxy) is 1. The van der Waals surface area contributed by atoms with E-state index in [0.29, 0.717) is 30.1 Å². The molecule has 0 saturated carbocycles. The molecular weight excluding hydrogens is 648 g/mol. The Hall–Kier alpha value is -4.06. The third-order valence-electron chi connectivity index (χ3n) is 9.37. The van der Waals surface area contributed by atoms with Crippen molar-refractivity contribution in [3.05, 3.63) is 64.4 Å². The van der Waals surface area contributed by atoms with Crippen molar-refractivity contribution >= 4 is 56.3 Å². The van der Waals surface area contributed by atoms with E-state index in [9.17, 15) is 14.7 Å². The molecule has 0 atom stereocenters. The molecule has 10 nitrogen and oxygen atoms in total. The highest BCUT2D eigenvalue weighted by atomic mass is 35.5. The highest BCUT2D eigenvalue weighted by Crippen LogP contribution is 2.42. The fraction of sp³-hybridized carbons (Fsp3) is 0.417. The van der Waals surface area contributed by atoms with Crippen molar-refractivity contribution in [3.8, 4) is 21.7 Å². The summed E-state index contributed by atoms with van der Waals surface area (Å²) in [6, 6.07) is 12.0. The van der Waals surface area contributed by atoms with Gasteiger partial charge in [0.05, 0.1) is 22.3 Å². The zero-order chi connectivity index (χ0) is 33.9. The van der Waals surface area contributed by atoms with Crippen molar-refractivity contribution in [2.75, 3.05) is 26.2 Å². The Bertz CT molecular complexity index is 2040. The number of hydrogen-bond acceptors (Lipinski definition) is 8. The number of rotatable bonds is 6. The van der Waals surface area contributed by atoms with E-state index in [4.69, 9.17) is 31.4 Å². The van der Waals surface area contributed by atoms with Crippen LogP contribution in [0, 0.1) is 6.92 Å². The molecule has 1 amide bonds. The Balaban J connectivity index is 1.15. The van der Waals surface area contributed by atoms with Gasteiger partial charge >= 0.3 is 12.1 Å². The predicted octanol–water partition coefficient (Wildman–Crippen LogP) is 7.30. The third kappa shape index (κ3) is 6.26. The van der Waals surface area contributed by atoms with Gasteiger partial charge in [-0.3, -0.25) is 14.4 Å². The van der Waals surface area contributed by atoms with Gasteiger partial charge in [-0.1, -0.05) is 23.7 Å². The molecular formula is C36H39ClN6O4S. The van der Waals surface area contributed by atoms with Crippen molar-refractivity contribution in [1.29, 1.82) is 0 Å². The van der Waals surface area contributed by atoms with E-state index in [1.54, 1.807) is 16.2 Å². The number of amides is 1. The van der Waals surface area contributed by atoms with E-state index in [2.05, 4.69) is 11.0 Å². The number of carbonyl (C=O) groups excluding carboxylic acids is 1. The lowest BCUT2D eigenvalue weighted by atomic mass is 9.90. The molecule has 12 heteroatoms. The topological polar surface area (TPSA) is 114 Å². The highest BCUT2D eigenvalue weighted by Gasteiger charge is 2.39. The van der Waals surface area contributed by atoms with E-state index in [1.807, 2.05) is 76.0 Å². The van der Waals surface area contributed by atoms with Gasteiger partial charge in [-0.25, -0.2) is 14.8 Å². The quantitative estimate of drug-likeness (QED) is 0.198. The number of nitrogens with zero attached hydrogens (tertiary/aromatic N) is 6. The number of aromatic nitrogens is 4. The van der Waals surface area contributed by atoms with Gasteiger partial charge in [0.25, 0.3) is 0 Å². The minimum Gasteiger partial charge on any atom is -0.481 e. The molecule has 0 aliphatic carbocycles. The Morgan fingerprint density at radius 3 is 2.46 bits per heavy atom. The number of aryl methyl sites for hydroxylation is 2. The Labute approximate surface area is 288 Å². The van der Waals surface area contributed by atoms with Crippen LogP contribution in [0.2, 0.25) is 5.02 Å². The van der Waals surface area contributed by atoms with Crippen LogP contribution in [-0.2, 0) is 23.0 Å². The normalized spacial score (nSPS) is 16.5. The molecule has 2 saturated heterocycles. The van der Waals surface area contributed by atoms with Crippen LogP contribution in [0.25, 0.3) is 42.9 Å². The zero-order valence-electron chi connectivity index (χ0n) is 27.8. The SMILES string of the molecule is Cc1cc2nc(-c3cnc4c(c3)c(C3CCN(C5CN(C(=O)OC(C)(C)C)C5)CC3)nn4C)sc2c(-c2ccc(Cl)cc2)c1CC(=O)O. The van der Waals surface area contributed by atoms with Crippen molar-refractivity contribution in [2.45, 2.75) is 64.5 Å². The number of aliphatic carboxylic acids is 1. The lowest BCUT2D eigenvalue weighted by molar-refractivity contribution is -0.136. The molecule has 2 aromatic carbocycles. The minimum absolute atomic E-state index is 0.0823. The van der Waals surface area contributed by atoms with Gasteiger partial charge in [-0.05, 0) is 94.6 Å². The number of likely N-dealkylation sites (tertiary alicyclic amines) is 2. The first kappa shape index (κ1) is 32.5. The van der Waals surface area contributed by atoms with Crippen LogP contribution < -0.4 is 0 Å². The number of thiazole rings is 1. The molecule has 0 spiro atoms. The first-order valence-electron chi connectivity index (χ1n) is 16.3. The molecule has 5 heterocycles.